The van der Waals surface area contributed by atoms with Gasteiger partial charge < -0.3 is 5.32 Å². The van der Waals surface area contributed by atoms with Crippen molar-refractivity contribution in [3.05, 3.63) is 113 Å². The molecule has 0 spiro atoms. The van der Waals surface area contributed by atoms with E-state index in [9.17, 15) is 13.6 Å². The number of hydrogen-bond donors (Lipinski definition) is 2. The van der Waals surface area contributed by atoms with E-state index in [0.717, 1.165) is 22.5 Å². The zero-order valence-corrected chi connectivity index (χ0v) is 22.1. The third-order valence-electron chi connectivity index (χ3n) is 5.78. The molecule has 186 valence electrons. The standard InChI is InChI=1S/C27H19ClF2IN5O/c28-18-7-5-17(6-8-18)25-26(33-10-9-32-25)27(31,15-16-11-19(29)13-20(30)12-16)34-24(37)14-23-21-3-1-2-4-22(21)35-36-23/h1-13H,14-15H2,(H,34,37)(H,35,36). The maximum atomic E-state index is 14.1. The Bertz CT molecular complexity index is 1570. The van der Waals surface area contributed by atoms with Crippen LogP contribution in [0.2, 0.25) is 5.02 Å². The second-order valence-corrected chi connectivity index (χ2v) is 10.7. The topological polar surface area (TPSA) is 83.6 Å². The van der Waals surface area contributed by atoms with Crippen molar-refractivity contribution >= 4 is 51.0 Å². The van der Waals surface area contributed by atoms with Crippen molar-refractivity contribution in [2.24, 2.45) is 0 Å². The Kier molecular flexibility index (Phi) is 7.16. The van der Waals surface area contributed by atoms with Gasteiger partial charge in [0.2, 0.25) is 5.91 Å². The average Bonchev–Trinajstić information content (AvgIpc) is 3.26. The Morgan fingerprint density at radius 3 is 2.46 bits per heavy atom. The molecule has 0 saturated heterocycles. The molecule has 5 rings (SSSR count). The highest BCUT2D eigenvalue weighted by atomic mass is 127. The van der Waals surface area contributed by atoms with Crippen molar-refractivity contribution in [2.75, 3.05) is 0 Å². The van der Waals surface area contributed by atoms with Gasteiger partial charge >= 0.3 is 0 Å². The molecular weight excluding hydrogens is 611 g/mol. The molecule has 0 aliphatic carbocycles. The summed E-state index contributed by atoms with van der Waals surface area (Å²) in [4.78, 5) is 22.5. The van der Waals surface area contributed by atoms with Crippen LogP contribution in [0.5, 0.6) is 0 Å². The molecule has 0 aliphatic heterocycles. The fourth-order valence-electron chi connectivity index (χ4n) is 4.20. The van der Waals surface area contributed by atoms with Gasteiger partial charge in [-0.05, 0) is 58.5 Å². The number of aromatic amines is 1. The van der Waals surface area contributed by atoms with Crippen LogP contribution in [0.1, 0.15) is 17.0 Å². The zero-order chi connectivity index (χ0) is 26.0. The van der Waals surface area contributed by atoms with E-state index in [1.54, 1.807) is 30.5 Å². The Labute approximate surface area is 229 Å². The number of carbonyl (C=O) groups excluding carboxylic acids is 1. The number of halogens is 4. The molecule has 0 radical (unpaired) electrons. The number of benzene rings is 3. The maximum absolute atomic E-state index is 14.1. The quantitative estimate of drug-likeness (QED) is 0.129. The van der Waals surface area contributed by atoms with Crippen LogP contribution in [0.3, 0.4) is 0 Å². The van der Waals surface area contributed by atoms with Crippen LogP contribution in [-0.4, -0.2) is 26.1 Å². The van der Waals surface area contributed by atoms with Crippen LogP contribution in [0.15, 0.2) is 79.1 Å². The number of fused-ring (bicyclic) bond motifs is 1. The monoisotopic (exact) mass is 629 g/mol. The lowest BCUT2D eigenvalue weighted by Crippen LogP contribution is -2.44. The summed E-state index contributed by atoms with van der Waals surface area (Å²) in [6.45, 7) is 0. The average molecular weight is 630 g/mol. The number of alkyl halides is 1. The molecule has 1 unspecified atom stereocenters. The van der Waals surface area contributed by atoms with E-state index in [2.05, 4.69) is 48.1 Å². The summed E-state index contributed by atoms with van der Waals surface area (Å²) in [7, 11) is 0. The predicted octanol–water partition coefficient (Wildman–Crippen LogP) is 6.14. The number of nitrogens with one attached hydrogen (secondary N) is 2. The van der Waals surface area contributed by atoms with E-state index in [1.807, 2.05) is 24.3 Å². The summed E-state index contributed by atoms with van der Waals surface area (Å²) in [6.07, 6.45) is 3.13. The number of aromatic nitrogens is 4. The minimum absolute atomic E-state index is 0.0132. The first kappa shape index (κ1) is 25.2. The van der Waals surface area contributed by atoms with Gasteiger partial charge in [0.15, 0.2) is 0 Å². The summed E-state index contributed by atoms with van der Waals surface area (Å²) < 4.78 is 26.9. The van der Waals surface area contributed by atoms with Crippen molar-refractivity contribution < 1.29 is 13.6 Å². The third-order valence-corrected chi connectivity index (χ3v) is 7.19. The fourth-order valence-corrected chi connectivity index (χ4v) is 5.47. The molecule has 2 aromatic heterocycles. The number of nitrogens with zero attached hydrogens (tertiary/aromatic N) is 3. The first-order valence-corrected chi connectivity index (χ1v) is 12.7. The van der Waals surface area contributed by atoms with Gasteiger partial charge in [-0.3, -0.25) is 19.9 Å². The van der Waals surface area contributed by atoms with Gasteiger partial charge in [-0.15, -0.1) is 0 Å². The van der Waals surface area contributed by atoms with Crippen molar-refractivity contribution in [2.45, 2.75) is 16.4 Å². The lowest BCUT2D eigenvalue weighted by Gasteiger charge is -2.30. The second kappa shape index (κ2) is 10.5. The highest BCUT2D eigenvalue weighted by Gasteiger charge is 2.36. The summed E-state index contributed by atoms with van der Waals surface area (Å²) in [5.41, 5.74) is 3.43. The summed E-state index contributed by atoms with van der Waals surface area (Å²) in [5.74, 6) is -1.74. The van der Waals surface area contributed by atoms with Crippen LogP contribution in [0.25, 0.3) is 22.2 Å². The van der Waals surface area contributed by atoms with Gasteiger partial charge in [0.1, 0.15) is 20.9 Å². The molecule has 5 aromatic rings. The Balaban J connectivity index is 1.55. The number of H-pyrrole nitrogens is 1. The van der Waals surface area contributed by atoms with Crippen LogP contribution in [-0.2, 0) is 21.2 Å². The van der Waals surface area contributed by atoms with Gasteiger partial charge in [-0.1, -0.05) is 41.9 Å². The summed E-state index contributed by atoms with van der Waals surface area (Å²) >= 11 is 8.14. The van der Waals surface area contributed by atoms with E-state index >= 15 is 0 Å². The van der Waals surface area contributed by atoms with Gasteiger partial charge in [0.05, 0.1) is 23.3 Å². The molecule has 3 aromatic carbocycles. The van der Waals surface area contributed by atoms with Crippen molar-refractivity contribution in [3.8, 4) is 11.3 Å². The van der Waals surface area contributed by atoms with E-state index < -0.39 is 15.2 Å². The van der Waals surface area contributed by atoms with Crippen LogP contribution < -0.4 is 5.32 Å². The van der Waals surface area contributed by atoms with Crippen molar-refractivity contribution in [3.63, 3.8) is 0 Å². The SMILES string of the molecule is O=C(Cc1[nH]nc2ccccc12)NC(I)(Cc1cc(F)cc(F)c1)c1nccnc1-c1ccc(Cl)cc1. The molecule has 37 heavy (non-hydrogen) atoms. The molecule has 0 saturated carbocycles. The molecule has 2 N–H and O–H groups in total. The second-order valence-electron chi connectivity index (χ2n) is 8.46. The number of para-hydroxylation sites is 1. The van der Waals surface area contributed by atoms with Gasteiger partial charge in [-0.25, -0.2) is 8.78 Å². The minimum atomic E-state index is -1.20. The van der Waals surface area contributed by atoms with Crippen LogP contribution in [0, 0.1) is 11.6 Å². The van der Waals surface area contributed by atoms with Gasteiger partial charge in [0.25, 0.3) is 0 Å². The highest BCUT2D eigenvalue weighted by molar-refractivity contribution is 14.1. The van der Waals surface area contributed by atoms with E-state index in [0.29, 0.717) is 27.7 Å². The Morgan fingerprint density at radius 2 is 1.70 bits per heavy atom. The first-order valence-electron chi connectivity index (χ1n) is 11.2. The minimum Gasteiger partial charge on any atom is -0.336 e. The molecule has 1 atom stereocenters. The third kappa shape index (κ3) is 5.62. The van der Waals surface area contributed by atoms with Crippen LogP contribution >= 0.6 is 34.2 Å². The largest absolute Gasteiger partial charge is 0.336 e. The van der Waals surface area contributed by atoms with E-state index in [-0.39, 0.29) is 18.7 Å². The van der Waals surface area contributed by atoms with Gasteiger partial charge in [0, 0.05) is 40.9 Å². The normalized spacial score (nSPS) is 12.9. The smallest absolute Gasteiger partial charge is 0.227 e. The predicted molar refractivity (Wildman–Crippen MR) is 146 cm³/mol. The molecule has 0 aliphatic rings. The molecule has 10 heteroatoms. The first-order chi connectivity index (χ1) is 17.8. The fraction of sp³-hybridized carbons (Fsp3) is 0.111. The molecular formula is C27H19ClF2IN5O. The van der Waals surface area contributed by atoms with Crippen LogP contribution in [0.4, 0.5) is 8.78 Å². The lowest BCUT2D eigenvalue weighted by atomic mass is 9.98. The van der Waals surface area contributed by atoms with Crippen molar-refractivity contribution in [1.29, 1.82) is 0 Å². The number of hydrogen-bond acceptors (Lipinski definition) is 4. The highest BCUT2D eigenvalue weighted by Crippen LogP contribution is 2.37. The van der Waals surface area contributed by atoms with E-state index in [1.165, 1.54) is 18.3 Å². The zero-order valence-electron chi connectivity index (χ0n) is 19.2. The number of amides is 1. The molecule has 1 amide bonds. The Hall–Kier alpha value is -3.44. The number of carbonyl (C=O) groups is 1. The lowest BCUT2D eigenvalue weighted by molar-refractivity contribution is -0.121. The molecule has 2 heterocycles. The Morgan fingerprint density at radius 1 is 1.00 bits per heavy atom. The van der Waals surface area contributed by atoms with Gasteiger partial charge in [-0.2, -0.15) is 5.10 Å². The molecule has 6 nitrogen and oxygen atoms in total. The van der Waals surface area contributed by atoms with Crippen molar-refractivity contribution in [1.82, 2.24) is 25.5 Å². The molecule has 0 fully saturated rings. The number of rotatable bonds is 7. The summed E-state index contributed by atoms with van der Waals surface area (Å²) in [5, 5.41) is 11.6. The summed E-state index contributed by atoms with van der Waals surface area (Å²) in [6, 6.07) is 17.8. The van der Waals surface area contributed by atoms with E-state index in [4.69, 9.17) is 11.6 Å². The maximum Gasteiger partial charge on any atom is 0.227 e. The molecule has 0 bridgehead atoms.